The second-order valence-electron chi connectivity index (χ2n) is 9.47. The van der Waals surface area contributed by atoms with Crippen molar-refractivity contribution < 1.29 is 9.47 Å². The van der Waals surface area contributed by atoms with Gasteiger partial charge in [0.05, 0.1) is 0 Å². The van der Waals surface area contributed by atoms with Crippen molar-refractivity contribution in [3.63, 3.8) is 0 Å². The lowest BCUT2D eigenvalue weighted by Gasteiger charge is -2.34. The first-order valence-electron chi connectivity index (χ1n) is 10.5. The van der Waals surface area contributed by atoms with Crippen LogP contribution in [0.4, 0.5) is 0 Å². The van der Waals surface area contributed by atoms with Gasteiger partial charge in [-0.1, -0.05) is 26.8 Å². The van der Waals surface area contributed by atoms with Crippen LogP contribution in [0.1, 0.15) is 43.9 Å². The Morgan fingerprint density at radius 2 is 1.72 bits per heavy atom. The van der Waals surface area contributed by atoms with Crippen LogP contribution >= 0.6 is 0 Å². The largest absolute Gasteiger partial charge is 0.462 e. The molecule has 7 heteroatoms. The summed E-state index contributed by atoms with van der Waals surface area (Å²) in [5, 5.41) is 8.65. The van der Waals surface area contributed by atoms with Gasteiger partial charge >= 0.3 is 0 Å². The molecular weight excluding hydrogens is 402 g/mol. The Labute approximate surface area is 186 Å². The van der Waals surface area contributed by atoms with E-state index in [9.17, 15) is 0 Å². The van der Waals surface area contributed by atoms with Crippen LogP contribution in [0.2, 0.25) is 0 Å². The van der Waals surface area contributed by atoms with Crippen LogP contribution in [0, 0.1) is 10.8 Å². The Balaban J connectivity index is 1.66. The van der Waals surface area contributed by atoms with Crippen LogP contribution in [-0.2, 0) is 10.3 Å². The summed E-state index contributed by atoms with van der Waals surface area (Å²) in [5.74, 6) is 1.40. The Kier molecular flexibility index (Phi) is 4.51. The van der Waals surface area contributed by atoms with Crippen molar-refractivity contribution in [2.45, 2.75) is 32.7 Å². The molecule has 0 unspecified atom stereocenters. The average molecular weight is 428 g/mol. The summed E-state index contributed by atoms with van der Waals surface area (Å²) in [6.07, 6.45) is 5.71. The number of aliphatic imine (C=N–C) groups is 1. The molecule has 7 nitrogen and oxygen atoms in total. The van der Waals surface area contributed by atoms with Gasteiger partial charge in [0.2, 0.25) is 0 Å². The third kappa shape index (κ3) is 3.39. The molecule has 0 saturated carbocycles. The average Bonchev–Trinajstić information content (AvgIpc) is 3.15. The number of nitrogens with two attached hydrogens (primary N) is 1. The summed E-state index contributed by atoms with van der Waals surface area (Å²) in [6.45, 7) is 6.66. The quantitative estimate of drug-likeness (QED) is 0.592. The first kappa shape index (κ1) is 20.2. The van der Waals surface area contributed by atoms with E-state index in [1.54, 1.807) is 12.4 Å². The zero-order valence-electron chi connectivity index (χ0n) is 18.3. The van der Waals surface area contributed by atoms with Crippen molar-refractivity contribution in [3.8, 4) is 22.6 Å². The molecule has 1 atom stereocenters. The van der Waals surface area contributed by atoms with Gasteiger partial charge in [-0.2, -0.15) is 0 Å². The number of hydrogen-bond acceptors (Lipinski definition) is 7. The van der Waals surface area contributed by atoms with Crippen LogP contribution in [0.5, 0.6) is 11.5 Å². The molecule has 0 fully saturated rings. The highest BCUT2D eigenvalue weighted by Crippen LogP contribution is 2.51. The molecule has 0 aliphatic carbocycles. The number of amidine groups is 1. The minimum atomic E-state index is -0.837. The molecule has 162 valence electrons. The van der Waals surface area contributed by atoms with Crippen molar-refractivity contribution in [3.05, 3.63) is 71.8 Å². The second-order valence-corrected chi connectivity index (χ2v) is 9.47. The van der Waals surface area contributed by atoms with Crippen LogP contribution in [0.3, 0.4) is 0 Å². The molecule has 5 rings (SSSR count). The lowest BCUT2D eigenvalue weighted by Crippen LogP contribution is -2.31. The van der Waals surface area contributed by atoms with E-state index in [2.05, 4.69) is 30.7 Å². The fourth-order valence-electron chi connectivity index (χ4n) is 4.30. The molecule has 0 saturated heterocycles. The van der Waals surface area contributed by atoms with E-state index < -0.39 is 5.54 Å². The lowest BCUT2D eigenvalue weighted by molar-refractivity contribution is 0.264. The molecule has 0 radical (unpaired) electrons. The van der Waals surface area contributed by atoms with Gasteiger partial charge < -0.3 is 20.6 Å². The zero-order valence-corrected chi connectivity index (χ0v) is 18.3. The summed E-state index contributed by atoms with van der Waals surface area (Å²) in [4.78, 5) is 13.0. The molecule has 3 heterocycles. The Morgan fingerprint density at radius 3 is 2.38 bits per heavy atom. The van der Waals surface area contributed by atoms with Gasteiger partial charge in [0.25, 0.3) is 6.02 Å². The molecular formula is C25H25N5O2. The van der Waals surface area contributed by atoms with Crippen LogP contribution in [0.15, 0.2) is 60.1 Å². The summed E-state index contributed by atoms with van der Waals surface area (Å²) in [5.41, 5.74) is 10.2. The van der Waals surface area contributed by atoms with Gasteiger partial charge in [-0.15, -0.1) is 0 Å². The van der Waals surface area contributed by atoms with Gasteiger partial charge in [-0.3, -0.25) is 0 Å². The van der Waals surface area contributed by atoms with Crippen molar-refractivity contribution in [2.75, 3.05) is 6.61 Å². The van der Waals surface area contributed by atoms with E-state index >= 15 is 0 Å². The maximum absolute atomic E-state index is 8.65. The predicted octanol–water partition coefficient (Wildman–Crippen LogP) is 4.64. The highest BCUT2D eigenvalue weighted by molar-refractivity contribution is 5.99. The third-order valence-corrected chi connectivity index (χ3v) is 5.75. The molecule has 32 heavy (non-hydrogen) atoms. The topological polar surface area (TPSA) is 106 Å². The van der Waals surface area contributed by atoms with Gasteiger partial charge in [-0.25, -0.2) is 15.0 Å². The Hall–Kier alpha value is -3.74. The normalized spacial score (nSPS) is 18.9. The Bertz CT molecular complexity index is 1250. The first-order chi connectivity index (χ1) is 15.2. The predicted molar refractivity (Wildman–Crippen MR) is 123 cm³/mol. The Morgan fingerprint density at radius 1 is 1.03 bits per heavy atom. The van der Waals surface area contributed by atoms with Gasteiger partial charge in [0.15, 0.2) is 5.54 Å². The highest BCUT2D eigenvalue weighted by Gasteiger charge is 2.47. The number of hydrogen-bond donors (Lipinski definition) is 2. The first-order valence-corrected chi connectivity index (χ1v) is 10.5. The van der Waals surface area contributed by atoms with E-state index in [0.717, 1.165) is 27.8 Å². The van der Waals surface area contributed by atoms with Crippen molar-refractivity contribution >= 4 is 11.7 Å². The number of aromatic nitrogens is 2. The summed E-state index contributed by atoms with van der Waals surface area (Å²) < 4.78 is 11.9. The van der Waals surface area contributed by atoms with E-state index in [1.165, 1.54) is 6.33 Å². The number of nitrogens with zero attached hydrogens (tertiary/aromatic N) is 3. The molecule has 3 aromatic rings. The summed E-state index contributed by atoms with van der Waals surface area (Å²) in [7, 11) is 0. The fourth-order valence-corrected chi connectivity index (χ4v) is 4.30. The number of ether oxygens (including phenoxy) is 2. The van der Waals surface area contributed by atoms with Crippen LogP contribution in [0.25, 0.3) is 11.1 Å². The molecule has 3 N–H and O–H groups in total. The summed E-state index contributed by atoms with van der Waals surface area (Å²) in [6, 6.07) is 11.9. The van der Waals surface area contributed by atoms with Crippen molar-refractivity contribution in [1.82, 2.24) is 9.97 Å². The van der Waals surface area contributed by atoms with E-state index in [1.807, 2.05) is 36.4 Å². The van der Waals surface area contributed by atoms with Gasteiger partial charge in [0.1, 0.15) is 24.4 Å². The fraction of sp³-hybridized carbons (Fsp3) is 0.280. The molecule has 2 aromatic carbocycles. The molecule has 0 bridgehead atoms. The third-order valence-electron chi connectivity index (χ3n) is 5.75. The van der Waals surface area contributed by atoms with Crippen molar-refractivity contribution in [1.29, 1.82) is 5.41 Å². The molecule has 2 aliphatic rings. The standard InChI is InChI=1S/C25H25N5O2/c1-24(2,3)10-20(26)16-5-7-22-19(9-16)25(13-31-23(27)30-25)18-8-15(4-6-21(18)32-22)17-11-28-14-29-12-17/h4-9,11-12,14,26H,10,13H2,1-3H3,(H2,27,30)/t25-/m0/s1. The minimum Gasteiger partial charge on any atom is -0.462 e. The molecule has 1 aromatic heterocycles. The smallest absolute Gasteiger partial charge is 0.283 e. The van der Waals surface area contributed by atoms with Crippen molar-refractivity contribution in [2.24, 2.45) is 16.1 Å². The maximum atomic E-state index is 8.65. The highest BCUT2D eigenvalue weighted by atomic mass is 16.5. The monoisotopic (exact) mass is 427 g/mol. The minimum absolute atomic E-state index is 0.0134. The maximum Gasteiger partial charge on any atom is 0.283 e. The van der Waals surface area contributed by atoms with Gasteiger partial charge in [0, 0.05) is 34.8 Å². The van der Waals surface area contributed by atoms with Crippen LogP contribution in [-0.4, -0.2) is 28.3 Å². The van der Waals surface area contributed by atoms with Crippen LogP contribution < -0.4 is 10.5 Å². The molecule has 0 amide bonds. The second kappa shape index (κ2) is 7.15. The van der Waals surface area contributed by atoms with E-state index in [4.69, 9.17) is 25.6 Å². The number of benzene rings is 2. The summed E-state index contributed by atoms with van der Waals surface area (Å²) >= 11 is 0. The number of rotatable bonds is 3. The van der Waals surface area contributed by atoms with Gasteiger partial charge in [-0.05, 0) is 53.3 Å². The molecule has 1 spiro atoms. The lowest BCUT2D eigenvalue weighted by atomic mass is 9.79. The SMILES string of the molecule is CC(C)(C)CC(=N)c1ccc2c(c1)[C@]1(COC(N)=N1)c1cc(-c3cncnc3)ccc1O2. The zero-order chi connectivity index (χ0) is 22.5. The number of fused-ring (bicyclic) bond motifs is 4. The van der Waals surface area contributed by atoms with E-state index in [0.29, 0.717) is 23.6 Å². The number of nitrogens with one attached hydrogen (secondary N) is 1. The van der Waals surface area contributed by atoms with E-state index in [-0.39, 0.29) is 18.0 Å². The molecule has 2 aliphatic heterocycles.